The Morgan fingerprint density at radius 2 is 1.86 bits per heavy atom. The Balaban J connectivity index is 2.22. The van der Waals surface area contributed by atoms with Crippen LogP contribution in [0, 0.1) is 13.8 Å². The van der Waals surface area contributed by atoms with Crippen molar-refractivity contribution >= 4 is 17.6 Å². The molecule has 0 bridgehead atoms. The molecule has 7 heteroatoms. The Hall–Kier alpha value is -2.05. The largest absolute Gasteiger partial charge is 0.480 e. The molecule has 156 valence electrons. The van der Waals surface area contributed by atoms with Crippen LogP contribution < -0.4 is 0 Å². The van der Waals surface area contributed by atoms with E-state index in [1.54, 1.807) is 4.90 Å². The predicted molar refractivity (Wildman–Crippen MR) is 106 cm³/mol. The van der Waals surface area contributed by atoms with Crippen molar-refractivity contribution in [2.45, 2.75) is 51.4 Å². The van der Waals surface area contributed by atoms with Crippen LogP contribution in [0.1, 0.15) is 53.1 Å². The number of carboxylic acids is 1. The standard InChI is InChI=1S/C22H23ClF3NO2/c1-13-6-8-16(14(2)11-13)20(27-10-4-3-5-19(27)21(28)29)17-12-15(22(24,25)26)7-9-18(17)23/h6-9,11-12,19-20H,3-5,10H2,1-2H3,(H,28,29). The van der Waals surface area contributed by atoms with Crippen molar-refractivity contribution in [1.29, 1.82) is 0 Å². The minimum atomic E-state index is -4.51. The van der Waals surface area contributed by atoms with Gasteiger partial charge in [0, 0.05) is 5.02 Å². The van der Waals surface area contributed by atoms with Gasteiger partial charge in [0.25, 0.3) is 0 Å². The average Bonchev–Trinajstić information content (AvgIpc) is 2.64. The van der Waals surface area contributed by atoms with Crippen molar-refractivity contribution in [1.82, 2.24) is 4.90 Å². The van der Waals surface area contributed by atoms with Gasteiger partial charge in [0.15, 0.2) is 0 Å². The smallest absolute Gasteiger partial charge is 0.416 e. The third kappa shape index (κ3) is 4.59. The summed E-state index contributed by atoms with van der Waals surface area (Å²) in [5, 5.41) is 9.96. The number of carboxylic acid groups (broad SMARTS) is 1. The Morgan fingerprint density at radius 1 is 1.14 bits per heavy atom. The summed E-state index contributed by atoms with van der Waals surface area (Å²) in [4.78, 5) is 13.7. The minimum absolute atomic E-state index is 0.192. The van der Waals surface area contributed by atoms with E-state index in [1.165, 1.54) is 6.07 Å². The second-order valence-electron chi connectivity index (χ2n) is 7.58. The van der Waals surface area contributed by atoms with E-state index in [4.69, 9.17) is 11.6 Å². The van der Waals surface area contributed by atoms with Gasteiger partial charge in [-0.1, -0.05) is 41.8 Å². The van der Waals surface area contributed by atoms with E-state index in [9.17, 15) is 23.1 Å². The molecule has 1 saturated heterocycles. The van der Waals surface area contributed by atoms with Crippen molar-refractivity contribution in [2.75, 3.05) is 6.54 Å². The summed E-state index contributed by atoms with van der Waals surface area (Å²) in [5.41, 5.74) is 2.16. The first kappa shape index (κ1) is 21.7. The molecule has 1 aliphatic heterocycles. The molecule has 1 aliphatic rings. The highest BCUT2D eigenvalue weighted by atomic mass is 35.5. The molecule has 2 unspecified atom stereocenters. The van der Waals surface area contributed by atoms with Gasteiger partial charge < -0.3 is 5.11 Å². The topological polar surface area (TPSA) is 40.5 Å². The number of hydrogen-bond acceptors (Lipinski definition) is 2. The zero-order chi connectivity index (χ0) is 21.3. The molecule has 0 aromatic heterocycles. The van der Waals surface area contributed by atoms with Gasteiger partial charge in [-0.15, -0.1) is 0 Å². The second-order valence-corrected chi connectivity index (χ2v) is 7.99. The number of carbonyl (C=O) groups is 1. The fraction of sp³-hybridized carbons (Fsp3) is 0.409. The first-order valence-corrected chi connectivity index (χ1v) is 9.89. The van der Waals surface area contributed by atoms with Gasteiger partial charge in [0.1, 0.15) is 6.04 Å². The Bertz CT molecular complexity index is 913. The molecule has 0 saturated carbocycles. The first-order chi connectivity index (χ1) is 13.6. The van der Waals surface area contributed by atoms with Crippen LogP contribution in [0.15, 0.2) is 36.4 Å². The molecule has 1 N–H and O–H groups in total. The summed E-state index contributed by atoms with van der Waals surface area (Å²) in [5.74, 6) is -0.970. The van der Waals surface area contributed by atoms with Crippen LogP contribution in [0.2, 0.25) is 5.02 Å². The number of aliphatic carboxylic acids is 1. The van der Waals surface area contributed by atoms with Crippen LogP contribution in [-0.4, -0.2) is 28.6 Å². The number of nitrogens with zero attached hydrogens (tertiary/aromatic N) is 1. The number of halogens is 4. The maximum atomic E-state index is 13.4. The minimum Gasteiger partial charge on any atom is -0.480 e. The highest BCUT2D eigenvalue weighted by Crippen LogP contribution is 2.41. The fourth-order valence-electron chi connectivity index (χ4n) is 4.11. The molecule has 2 aromatic rings. The zero-order valence-corrected chi connectivity index (χ0v) is 17.0. The normalized spacial score (nSPS) is 19.2. The molecule has 1 fully saturated rings. The molecular formula is C22H23ClF3NO2. The van der Waals surface area contributed by atoms with Crippen molar-refractivity contribution in [2.24, 2.45) is 0 Å². The molecule has 3 rings (SSSR count). The van der Waals surface area contributed by atoms with Gasteiger partial charge in [-0.25, -0.2) is 0 Å². The summed E-state index contributed by atoms with van der Waals surface area (Å²) < 4.78 is 40.2. The molecule has 0 spiro atoms. The van der Waals surface area contributed by atoms with E-state index in [1.807, 2.05) is 32.0 Å². The summed E-state index contributed by atoms with van der Waals surface area (Å²) in [6.07, 6.45) is -2.52. The van der Waals surface area contributed by atoms with Gasteiger partial charge in [-0.2, -0.15) is 13.2 Å². The third-order valence-corrected chi connectivity index (χ3v) is 5.84. The van der Waals surface area contributed by atoms with Crippen molar-refractivity contribution < 1.29 is 23.1 Å². The summed E-state index contributed by atoms with van der Waals surface area (Å²) in [6, 6.07) is 7.50. The molecule has 3 nitrogen and oxygen atoms in total. The molecule has 29 heavy (non-hydrogen) atoms. The van der Waals surface area contributed by atoms with E-state index in [0.717, 1.165) is 41.7 Å². The van der Waals surface area contributed by atoms with E-state index >= 15 is 0 Å². The first-order valence-electron chi connectivity index (χ1n) is 9.52. The number of aryl methyl sites for hydroxylation is 2. The maximum Gasteiger partial charge on any atom is 0.416 e. The lowest BCUT2D eigenvalue weighted by Gasteiger charge is -2.40. The zero-order valence-electron chi connectivity index (χ0n) is 16.3. The molecule has 0 aliphatic carbocycles. The van der Waals surface area contributed by atoms with Crippen LogP contribution in [0.4, 0.5) is 13.2 Å². The number of piperidine rings is 1. The quantitative estimate of drug-likeness (QED) is 0.652. The molecule has 1 heterocycles. The van der Waals surface area contributed by atoms with E-state index in [2.05, 4.69) is 0 Å². The van der Waals surface area contributed by atoms with Crippen LogP contribution in [0.3, 0.4) is 0 Å². The highest BCUT2D eigenvalue weighted by molar-refractivity contribution is 6.31. The Labute approximate surface area is 173 Å². The number of rotatable bonds is 4. The Morgan fingerprint density at radius 3 is 2.48 bits per heavy atom. The van der Waals surface area contributed by atoms with Gasteiger partial charge in [-0.3, -0.25) is 9.69 Å². The molecule has 0 radical (unpaired) electrons. The van der Waals surface area contributed by atoms with Gasteiger partial charge in [0.2, 0.25) is 0 Å². The number of alkyl halides is 3. The molecular weight excluding hydrogens is 403 g/mol. The summed E-state index contributed by atoms with van der Waals surface area (Å²) >= 11 is 6.38. The fourth-order valence-corrected chi connectivity index (χ4v) is 4.34. The lowest BCUT2D eigenvalue weighted by Crippen LogP contribution is -2.47. The van der Waals surface area contributed by atoms with Crippen LogP contribution >= 0.6 is 11.6 Å². The van der Waals surface area contributed by atoms with Crippen molar-refractivity contribution in [3.05, 3.63) is 69.2 Å². The monoisotopic (exact) mass is 425 g/mol. The summed E-state index contributed by atoms with van der Waals surface area (Å²) in [6.45, 7) is 4.29. The SMILES string of the molecule is Cc1ccc(C(c2cc(C(F)(F)F)ccc2Cl)N2CCCCC2C(=O)O)c(C)c1. The third-order valence-electron chi connectivity index (χ3n) is 5.50. The number of benzene rings is 2. The number of hydrogen-bond donors (Lipinski definition) is 1. The van der Waals surface area contributed by atoms with Crippen molar-refractivity contribution in [3.63, 3.8) is 0 Å². The van der Waals surface area contributed by atoms with Crippen LogP contribution in [-0.2, 0) is 11.0 Å². The highest BCUT2D eigenvalue weighted by Gasteiger charge is 2.38. The molecule has 2 atom stereocenters. The Kier molecular flexibility index (Phi) is 6.24. The molecule has 0 amide bonds. The van der Waals surface area contributed by atoms with Crippen molar-refractivity contribution in [3.8, 4) is 0 Å². The lowest BCUT2D eigenvalue weighted by atomic mass is 9.88. The summed E-state index contributed by atoms with van der Waals surface area (Å²) in [7, 11) is 0. The maximum absolute atomic E-state index is 13.4. The van der Waals surface area contributed by atoms with Crippen LogP contribution in [0.25, 0.3) is 0 Å². The second kappa shape index (κ2) is 8.36. The average molecular weight is 426 g/mol. The van der Waals surface area contributed by atoms with E-state index < -0.39 is 29.8 Å². The number of likely N-dealkylation sites (tertiary alicyclic amines) is 1. The van der Waals surface area contributed by atoms with Crippen LogP contribution in [0.5, 0.6) is 0 Å². The van der Waals surface area contributed by atoms with Gasteiger partial charge in [0.05, 0.1) is 11.6 Å². The predicted octanol–water partition coefficient (Wildman–Crippen LogP) is 6.00. The van der Waals surface area contributed by atoms with Gasteiger partial charge in [-0.05, 0) is 68.1 Å². The van der Waals surface area contributed by atoms with Gasteiger partial charge >= 0.3 is 12.1 Å². The lowest BCUT2D eigenvalue weighted by molar-refractivity contribution is -0.145. The molecule has 2 aromatic carbocycles. The van der Waals surface area contributed by atoms with E-state index in [-0.39, 0.29) is 10.6 Å². The van der Waals surface area contributed by atoms with E-state index in [0.29, 0.717) is 13.0 Å².